The van der Waals surface area contributed by atoms with Crippen molar-refractivity contribution in [3.8, 4) is 16.9 Å². The molecule has 0 radical (unpaired) electrons. The van der Waals surface area contributed by atoms with E-state index in [1.165, 1.54) is 0 Å². The van der Waals surface area contributed by atoms with E-state index in [2.05, 4.69) is 5.32 Å². The van der Waals surface area contributed by atoms with E-state index in [1.54, 1.807) is 18.2 Å². The number of carbonyl (C=O) groups is 1. The van der Waals surface area contributed by atoms with Crippen molar-refractivity contribution >= 4 is 12.0 Å². The van der Waals surface area contributed by atoms with Crippen molar-refractivity contribution in [2.75, 3.05) is 5.32 Å². The van der Waals surface area contributed by atoms with Gasteiger partial charge in [-0.05, 0) is 29.3 Å². The number of rotatable bonds is 1. The van der Waals surface area contributed by atoms with Crippen molar-refractivity contribution < 1.29 is 9.90 Å². The van der Waals surface area contributed by atoms with Crippen molar-refractivity contribution in [1.29, 1.82) is 0 Å². The Hall–Kier alpha value is -2.29. The van der Waals surface area contributed by atoms with Crippen LogP contribution >= 0.6 is 0 Å². The average Bonchev–Trinajstić information content (AvgIpc) is 2.38. The van der Waals surface area contributed by atoms with Gasteiger partial charge < -0.3 is 15.2 Å². The van der Waals surface area contributed by atoms with Crippen LogP contribution in [0.15, 0.2) is 42.5 Å². The fraction of sp³-hybridized carbons (Fsp3) is 0.0714. The maximum Gasteiger partial charge on any atom is 0.146 e. The molecule has 3 nitrogen and oxygen atoms in total. The van der Waals surface area contributed by atoms with Crippen LogP contribution in [-0.4, -0.2) is 11.4 Å². The zero-order valence-electron chi connectivity index (χ0n) is 9.05. The average molecular weight is 225 g/mol. The van der Waals surface area contributed by atoms with Crippen LogP contribution in [0.3, 0.4) is 0 Å². The van der Waals surface area contributed by atoms with Crippen LogP contribution in [0, 0.1) is 0 Å². The van der Waals surface area contributed by atoms with Crippen LogP contribution in [-0.2, 0) is 4.79 Å². The van der Waals surface area contributed by atoms with Gasteiger partial charge in [0.25, 0.3) is 0 Å². The van der Waals surface area contributed by atoms with E-state index in [9.17, 15) is 9.90 Å². The summed E-state index contributed by atoms with van der Waals surface area (Å²) in [6.07, 6.45) is 0.897. The number of anilines is 1. The molecule has 3 rings (SSSR count). The minimum Gasteiger partial charge on any atom is -0.508 e. The summed E-state index contributed by atoms with van der Waals surface area (Å²) in [6.45, 7) is 0. The molecule has 3 heteroatoms. The zero-order valence-corrected chi connectivity index (χ0v) is 9.05. The summed E-state index contributed by atoms with van der Waals surface area (Å²) in [5, 5.41) is 12.7. The molecule has 1 unspecified atom stereocenters. The highest BCUT2D eigenvalue weighted by Gasteiger charge is 2.23. The third kappa shape index (κ3) is 1.47. The maximum absolute atomic E-state index is 11.1. The van der Waals surface area contributed by atoms with Crippen molar-refractivity contribution in [3.63, 3.8) is 0 Å². The highest BCUT2D eigenvalue weighted by Crippen LogP contribution is 2.40. The Morgan fingerprint density at radius 3 is 2.76 bits per heavy atom. The molecule has 1 aliphatic heterocycles. The Labute approximate surface area is 98.7 Å². The molecule has 0 bridgehead atoms. The third-order valence-corrected chi connectivity index (χ3v) is 3.04. The predicted molar refractivity (Wildman–Crippen MR) is 66.0 cm³/mol. The largest absolute Gasteiger partial charge is 0.508 e. The molecule has 0 aliphatic carbocycles. The summed E-state index contributed by atoms with van der Waals surface area (Å²) in [5.74, 6) is 0.227. The summed E-state index contributed by atoms with van der Waals surface area (Å²) < 4.78 is 0. The van der Waals surface area contributed by atoms with Gasteiger partial charge in [0.1, 0.15) is 18.1 Å². The highest BCUT2D eigenvalue weighted by molar-refractivity contribution is 5.89. The number of benzene rings is 2. The van der Waals surface area contributed by atoms with Crippen LogP contribution in [0.5, 0.6) is 5.75 Å². The summed E-state index contributed by atoms with van der Waals surface area (Å²) >= 11 is 0. The number of aldehydes is 1. The predicted octanol–water partition coefficient (Wildman–Crippen LogP) is 2.72. The zero-order chi connectivity index (χ0) is 11.8. The first-order chi connectivity index (χ1) is 8.29. The Morgan fingerprint density at radius 1 is 1.12 bits per heavy atom. The fourth-order valence-electron chi connectivity index (χ4n) is 2.25. The molecular formula is C14H11NO2. The topological polar surface area (TPSA) is 49.3 Å². The number of phenolic OH excluding ortho intramolecular Hbond substituents is 1. The SMILES string of the molecule is O=CC1Nc2ccc(O)cc2-c2ccccc21. The normalized spacial score (nSPS) is 16.6. The summed E-state index contributed by atoms with van der Waals surface area (Å²) in [6, 6.07) is 12.5. The van der Waals surface area contributed by atoms with Gasteiger partial charge in [-0.1, -0.05) is 24.3 Å². The van der Waals surface area contributed by atoms with E-state index < -0.39 is 0 Å². The molecular weight excluding hydrogens is 214 g/mol. The standard InChI is InChI=1S/C14H11NO2/c16-8-14-11-4-2-1-3-10(11)12-7-9(17)5-6-13(12)15-14/h1-8,14-15,17H. The lowest BCUT2D eigenvalue weighted by Gasteiger charge is -2.26. The van der Waals surface area contributed by atoms with Crippen molar-refractivity contribution in [2.45, 2.75) is 6.04 Å². The van der Waals surface area contributed by atoms with Gasteiger partial charge in [0, 0.05) is 11.3 Å². The lowest BCUT2D eigenvalue weighted by Crippen LogP contribution is -2.17. The monoisotopic (exact) mass is 225 g/mol. The first kappa shape index (κ1) is 9.90. The van der Waals surface area contributed by atoms with Gasteiger partial charge in [0.15, 0.2) is 0 Å². The van der Waals surface area contributed by atoms with Crippen LogP contribution in [0.25, 0.3) is 11.1 Å². The smallest absolute Gasteiger partial charge is 0.146 e. The molecule has 0 saturated carbocycles. The molecule has 0 spiro atoms. The number of hydrogen-bond acceptors (Lipinski definition) is 3. The van der Waals surface area contributed by atoms with Crippen molar-refractivity contribution in [3.05, 3.63) is 48.0 Å². The Kier molecular flexibility index (Phi) is 2.11. The lowest BCUT2D eigenvalue weighted by atomic mass is 9.90. The second-order valence-electron chi connectivity index (χ2n) is 4.08. The van der Waals surface area contributed by atoms with Crippen LogP contribution in [0.4, 0.5) is 5.69 Å². The van der Waals surface area contributed by atoms with E-state index in [0.717, 1.165) is 28.7 Å². The molecule has 1 atom stereocenters. The molecule has 2 N–H and O–H groups in total. The van der Waals surface area contributed by atoms with Crippen molar-refractivity contribution in [2.24, 2.45) is 0 Å². The van der Waals surface area contributed by atoms with E-state index in [-0.39, 0.29) is 11.8 Å². The Balaban J connectivity index is 2.28. The first-order valence-electron chi connectivity index (χ1n) is 5.44. The highest BCUT2D eigenvalue weighted by atomic mass is 16.3. The molecule has 84 valence electrons. The molecule has 0 amide bonds. The maximum atomic E-state index is 11.1. The minimum atomic E-state index is -0.316. The molecule has 0 saturated heterocycles. The molecule has 2 aromatic rings. The van der Waals surface area contributed by atoms with Crippen LogP contribution < -0.4 is 5.32 Å². The van der Waals surface area contributed by atoms with Gasteiger partial charge in [0.2, 0.25) is 0 Å². The van der Waals surface area contributed by atoms with E-state index in [4.69, 9.17) is 0 Å². The Morgan fingerprint density at radius 2 is 1.94 bits per heavy atom. The number of phenols is 1. The second-order valence-corrected chi connectivity index (χ2v) is 4.08. The van der Waals surface area contributed by atoms with Crippen LogP contribution in [0.1, 0.15) is 11.6 Å². The van der Waals surface area contributed by atoms with E-state index in [0.29, 0.717) is 0 Å². The summed E-state index contributed by atoms with van der Waals surface area (Å²) in [7, 11) is 0. The summed E-state index contributed by atoms with van der Waals surface area (Å²) in [5.41, 5.74) is 3.74. The number of aromatic hydroxyl groups is 1. The summed E-state index contributed by atoms with van der Waals surface area (Å²) in [4.78, 5) is 11.1. The van der Waals surface area contributed by atoms with Crippen LogP contribution in [0.2, 0.25) is 0 Å². The van der Waals surface area contributed by atoms with Gasteiger partial charge in [-0.2, -0.15) is 0 Å². The van der Waals surface area contributed by atoms with Gasteiger partial charge in [-0.3, -0.25) is 0 Å². The number of fused-ring (bicyclic) bond motifs is 3. The lowest BCUT2D eigenvalue weighted by molar-refractivity contribution is -0.108. The molecule has 1 heterocycles. The molecule has 1 aliphatic rings. The van der Waals surface area contributed by atoms with Gasteiger partial charge in [-0.15, -0.1) is 0 Å². The van der Waals surface area contributed by atoms with Gasteiger partial charge in [0.05, 0.1) is 0 Å². The second kappa shape index (κ2) is 3.63. The van der Waals surface area contributed by atoms with Crippen molar-refractivity contribution in [1.82, 2.24) is 0 Å². The third-order valence-electron chi connectivity index (χ3n) is 3.04. The fourth-order valence-corrected chi connectivity index (χ4v) is 2.25. The molecule has 0 fully saturated rings. The molecule has 17 heavy (non-hydrogen) atoms. The minimum absolute atomic E-state index is 0.227. The first-order valence-corrected chi connectivity index (χ1v) is 5.44. The quantitative estimate of drug-likeness (QED) is 0.579. The molecule has 0 aromatic heterocycles. The number of nitrogens with one attached hydrogen (secondary N) is 1. The number of hydrogen-bond donors (Lipinski definition) is 2. The van der Waals surface area contributed by atoms with E-state index in [1.807, 2.05) is 24.3 Å². The van der Waals surface area contributed by atoms with Gasteiger partial charge >= 0.3 is 0 Å². The van der Waals surface area contributed by atoms with Gasteiger partial charge in [-0.25, -0.2) is 0 Å². The van der Waals surface area contributed by atoms with E-state index >= 15 is 0 Å². The molecule has 2 aromatic carbocycles. The number of carbonyl (C=O) groups excluding carboxylic acids is 1. The Bertz CT molecular complexity index is 593.